The monoisotopic (exact) mass is 1390 g/mol. The van der Waals surface area contributed by atoms with E-state index in [0.717, 1.165) is 161 Å². The van der Waals surface area contributed by atoms with Crippen LogP contribution < -0.4 is 5.11 Å². The Morgan fingerprint density at radius 2 is 0.535 bits per heavy atom. The summed E-state index contributed by atoms with van der Waals surface area (Å²) in [6, 6.07) is 0. The Labute approximate surface area is 620 Å². The first kappa shape index (κ1) is 94.9. The minimum atomic E-state index is -1.64. The summed E-state index contributed by atoms with van der Waals surface area (Å²) in [4.78, 5) is 37.6. The van der Waals surface area contributed by atoms with Gasteiger partial charge in [0, 0.05) is 12.8 Å². The van der Waals surface area contributed by atoms with Gasteiger partial charge in [-0.2, -0.15) is 0 Å². The summed E-state index contributed by atoms with van der Waals surface area (Å²) in [6.45, 7) is 4.51. The van der Waals surface area contributed by atoms with Crippen LogP contribution in [0.1, 0.15) is 296 Å². The van der Waals surface area contributed by atoms with Gasteiger partial charge < -0.3 is 33.3 Å². The number of allylic oxidation sites excluding steroid dienone is 34. The second-order valence-corrected chi connectivity index (χ2v) is 27.2. The van der Waals surface area contributed by atoms with Crippen molar-refractivity contribution < 1.29 is 42.9 Å². The largest absolute Gasteiger partial charge is 0.545 e. The molecule has 0 heterocycles. The first-order valence-corrected chi connectivity index (χ1v) is 40.2. The molecular formula is C92H147NO8. The van der Waals surface area contributed by atoms with Gasteiger partial charge in [0.25, 0.3) is 0 Å². The lowest BCUT2D eigenvalue weighted by Crippen LogP contribution is -2.44. The number of esters is 2. The van der Waals surface area contributed by atoms with Gasteiger partial charge in [-0.05, 0) is 148 Å². The van der Waals surface area contributed by atoms with Crippen molar-refractivity contribution in [1.29, 1.82) is 0 Å². The molecule has 0 aliphatic rings. The molecule has 9 nitrogen and oxygen atoms in total. The average Bonchev–Trinajstić information content (AvgIpc) is 1.21. The highest BCUT2D eigenvalue weighted by Gasteiger charge is 2.22. The third-order valence-electron chi connectivity index (χ3n) is 16.5. The normalized spacial score (nSPS) is 13.8. The Morgan fingerprint density at radius 3 is 0.792 bits per heavy atom. The summed E-state index contributed by atoms with van der Waals surface area (Å²) < 4.78 is 22.8. The SMILES string of the molecule is CC/C=C\C/C=C\C/C=C\C/C=C\C/C=C\C/C=C\C/C=C\C/C=C\C/C=C\CCCCCCCCCCCCCCCC(=O)OC(COC(=O)CCCCCCCCCCCC/C=C\C/C=C\C/C=C\C/C=C\C/C=C\C/C=C\C/C=C\C/C=C\CC)COC(OCC[N+](C)(C)C)C(=O)[O-]. The molecule has 0 bridgehead atoms. The minimum absolute atomic E-state index is 0.138. The van der Waals surface area contributed by atoms with Gasteiger partial charge in [-0.25, -0.2) is 0 Å². The molecule has 0 aliphatic carbocycles. The highest BCUT2D eigenvalue weighted by Crippen LogP contribution is 2.17. The van der Waals surface area contributed by atoms with Crippen LogP contribution in [0, 0.1) is 0 Å². The van der Waals surface area contributed by atoms with Crippen LogP contribution in [-0.4, -0.2) is 82.3 Å². The molecule has 0 saturated carbocycles. The van der Waals surface area contributed by atoms with Gasteiger partial charge in [-0.3, -0.25) is 9.59 Å². The minimum Gasteiger partial charge on any atom is -0.545 e. The van der Waals surface area contributed by atoms with Crippen LogP contribution in [-0.2, 0) is 33.3 Å². The molecule has 2 atom stereocenters. The van der Waals surface area contributed by atoms with Crippen LogP contribution in [0.4, 0.5) is 0 Å². The number of ether oxygens (including phenoxy) is 4. The molecule has 0 aromatic carbocycles. The summed E-state index contributed by atoms with van der Waals surface area (Å²) in [7, 11) is 5.92. The van der Waals surface area contributed by atoms with E-state index in [1.165, 1.54) is 103 Å². The van der Waals surface area contributed by atoms with E-state index in [2.05, 4.69) is 220 Å². The predicted octanol–water partition coefficient (Wildman–Crippen LogP) is 24.9. The number of likely N-dealkylation sites (N-methyl/N-ethyl adjacent to an activating group) is 1. The highest BCUT2D eigenvalue weighted by atomic mass is 16.7. The quantitative estimate of drug-likeness (QED) is 0.0195. The molecule has 101 heavy (non-hydrogen) atoms. The number of carboxylic acids is 1. The molecule has 0 rings (SSSR count). The third-order valence-corrected chi connectivity index (χ3v) is 16.5. The number of carbonyl (C=O) groups is 3. The summed E-state index contributed by atoms with van der Waals surface area (Å²) in [5.74, 6) is -2.30. The summed E-state index contributed by atoms with van der Waals surface area (Å²) in [6.07, 6.45) is 121. The van der Waals surface area contributed by atoms with Crippen LogP contribution in [0.3, 0.4) is 0 Å². The number of carbonyl (C=O) groups excluding carboxylic acids is 3. The van der Waals surface area contributed by atoms with Crippen LogP contribution in [0.15, 0.2) is 207 Å². The fourth-order valence-electron chi connectivity index (χ4n) is 10.5. The van der Waals surface area contributed by atoms with Crippen molar-refractivity contribution >= 4 is 17.9 Å². The zero-order valence-corrected chi connectivity index (χ0v) is 64.9. The Hall–Kier alpha value is -6.13. The van der Waals surface area contributed by atoms with Crippen molar-refractivity contribution in [3.8, 4) is 0 Å². The molecule has 568 valence electrons. The lowest BCUT2D eigenvalue weighted by molar-refractivity contribution is -0.870. The van der Waals surface area contributed by atoms with Gasteiger partial charge in [-0.1, -0.05) is 342 Å². The predicted molar refractivity (Wildman–Crippen MR) is 434 cm³/mol. The molecule has 0 radical (unpaired) electrons. The Balaban J connectivity index is 4.12. The van der Waals surface area contributed by atoms with Crippen LogP contribution in [0.25, 0.3) is 0 Å². The number of carboxylic acid groups (broad SMARTS) is 1. The molecule has 0 aromatic heterocycles. The van der Waals surface area contributed by atoms with Gasteiger partial charge in [0.2, 0.25) is 0 Å². The smallest absolute Gasteiger partial charge is 0.306 e. The number of nitrogens with zero attached hydrogens (tertiary/aromatic N) is 1. The Kier molecular flexibility index (Phi) is 74.7. The number of aliphatic carboxylic acids is 1. The van der Waals surface area contributed by atoms with Crippen LogP contribution in [0.2, 0.25) is 0 Å². The number of unbranched alkanes of at least 4 members (excludes halogenated alkanes) is 23. The van der Waals surface area contributed by atoms with E-state index < -0.39 is 24.3 Å². The van der Waals surface area contributed by atoms with Gasteiger partial charge in [0.05, 0.1) is 40.3 Å². The van der Waals surface area contributed by atoms with Gasteiger partial charge in [0.1, 0.15) is 13.2 Å². The zero-order chi connectivity index (χ0) is 73.2. The van der Waals surface area contributed by atoms with E-state index in [-0.39, 0.29) is 38.6 Å². The molecule has 9 heteroatoms. The zero-order valence-electron chi connectivity index (χ0n) is 64.9. The standard InChI is InChI=1S/C92H147NO8/c1-6-8-10-12-14-16-18-20-22-24-26-28-30-32-34-36-38-40-42-43-44-45-46-47-49-51-53-55-57-59-61-63-65-67-69-71-73-75-77-79-81-83-90(95)101-88(87-100-92(91(96)97)98-85-84-93(3,4)5)86-99-89(94)82-80-78-76-74-72-70-68-66-64-62-60-58-56-54-52-50-48-41-39-37-35-33-31-29-27-25-23-21-19-17-15-13-11-9-7-2/h8-11,14-17,20-23,26-29,32-35,38-41,43-44,46-47,50-53,56,58,88,92H,6-7,12-13,18-19,24-25,30-31,36-37,42,45,48-49,54-55,57,59-87H2,1-5H3/b10-8-,11-9-,16-14-,17-15-,22-20-,23-21-,28-26-,29-27-,34-32-,35-33-,40-38-,41-39-,44-43-,47-46-,52-50-,53-51-,58-56-. The lowest BCUT2D eigenvalue weighted by atomic mass is 10.0. The Morgan fingerprint density at radius 1 is 0.297 bits per heavy atom. The van der Waals surface area contributed by atoms with E-state index in [0.29, 0.717) is 17.4 Å². The van der Waals surface area contributed by atoms with Gasteiger partial charge in [-0.15, -0.1) is 0 Å². The van der Waals surface area contributed by atoms with E-state index in [9.17, 15) is 19.5 Å². The molecule has 2 unspecified atom stereocenters. The van der Waals surface area contributed by atoms with Crippen molar-refractivity contribution in [3.63, 3.8) is 0 Å². The highest BCUT2D eigenvalue weighted by molar-refractivity contribution is 5.70. The number of rotatable bonds is 72. The van der Waals surface area contributed by atoms with Crippen LogP contribution in [0.5, 0.6) is 0 Å². The second kappa shape index (κ2) is 79.6. The lowest BCUT2D eigenvalue weighted by Gasteiger charge is -2.26. The maximum absolute atomic E-state index is 13.0. The fourth-order valence-corrected chi connectivity index (χ4v) is 10.5. The first-order chi connectivity index (χ1) is 49.6. The molecule has 0 amide bonds. The number of hydrogen-bond acceptors (Lipinski definition) is 8. The molecule has 0 aliphatic heterocycles. The third kappa shape index (κ3) is 81.0. The number of quaternary nitrogens is 1. The van der Waals surface area contributed by atoms with Crippen molar-refractivity contribution in [2.45, 2.75) is 309 Å². The molecule has 0 saturated heterocycles. The van der Waals surface area contributed by atoms with Gasteiger partial charge >= 0.3 is 11.9 Å². The van der Waals surface area contributed by atoms with E-state index in [1.807, 2.05) is 21.1 Å². The fraction of sp³-hybridized carbons (Fsp3) is 0.598. The maximum atomic E-state index is 13.0. The average molecular weight is 1400 g/mol. The number of hydrogen-bond donors (Lipinski definition) is 0. The molecule has 0 aromatic rings. The summed E-state index contributed by atoms with van der Waals surface area (Å²) in [5, 5.41) is 11.9. The summed E-state index contributed by atoms with van der Waals surface area (Å²) >= 11 is 0. The van der Waals surface area contributed by atoms with E-state index >= 15 is 0 Å². The van der Waals surface area contributed by atoms with Crippen molar-refractivity contribution in [1.82, 2.24) is 0 Å². The Bertz CT molecular complexity index is 2420. The summed E-state index contributed by atoms with van der Waals surface area (Å²) in [5.41, 5.74) is 0. The second-order valence-electron chi connectivity index (χ2n) is 27.2. The first-order valence-electron chi connectivity index (χ1n) is 40.2. The van der Waals surface area contributed by atoms with Crippen molar-refractivity contribution in [2.75, 3.05) is 47.5 Å². The molecular weight excluding hydrogens is 1250 g/mol. The topological polar surface area (TPSA) is 111 Å². The van der Waals surface area contributed by atoms with E-state index in [4.69, 9.17) is 18.9 Å². The van der Waals surface area contributed by atoms with Crippen molar-refractivity contribution in [3.05, 3.63) is 207 Å². The van der Waals surface area contributed by atoms with Crippen LogP contribution >= 0.6 is 0 Å². The maximum Gasteiger partial charge on any atom is 0.306 e. The molecule has 0 spiro atoms. The van der Waals surface area contributed by atoms with Crippen molar-refractivity contribution in [2.24, 2.45) is 0 Å². The molecule has 0 N–H and O–H groups in total. The van der Waals surface area contributed by atoms with E-state index in [1.54, 1.807) is 0 Å². The van der Waals surface area contributed by atoms with Gasteiger partial charge in [0.15, 0.2) is 12.4 Å². The molecule has 0 fully saturated rings.